The van der Waals surface area contributed by atoms with Crippen LogP contribution in [0.5, 0.6) is 17.2 Å². The largest absolute Gasteiger partial charge is 0.493 e. The predicted octanol–water partition coefficient (Wildman–Crippen LogP) is 4.22. The van der Waals surface area contributed by atoms with Crippen LogP contribution in [0.15, 0.2) is 30.3 Å². The molecule has 0 unspecified atom stereocenters. The number of carbonyl (C=O) groups excluding carboxylic acids is 2. The minimum atomic E-state index is -1.74. The number of ketones is 1. The Kier molecular flexibility index (Phi) is 4.21. The average molecular weight is 414 g/mol. The van der Waals surface area contributed by atoms with Gasteiger partial charge in [-0.2, -0.15) is 0 Å². The van der Waals surface area contributed by atoms with Gasteiger partial charge in [0.2, 0.25) is 5.75 Å². The molecular weight excluding hydrogens is 384 g/mol. The highest BCUT2D eigenvalue weighted by Crippen LogP contribution is 2.49. The van der Waals surface area contributed by atoms with E-state index in [1.54, 1.807) is 18.2 Å². The molecule has 0 atom stereocenters. The smallest absolute Gasteiger partial charge is 0.315 e. The number of hydrogen-bond acceptors (Lipinski definition) is 6. The van der Waals surface area contributed by atoms with E-state index >= 15 is 0 Å². The van der Waals surface area contributed by atoms with Gasteiger partial charge in [0.25, 0.3) is 0 Å². The Morgan fingerprint density at radius 1 is 1.03 bits per heavy atom. The fourth-order valence-corrected chi connectivity index (χ4v) is 4.29. The van der Waals surface area contributed by atoms with E-state index in [2.05, 4.69) is 0 Å². The van der Waals surface area contributed by atoms with Gasteiger partial charge >= 0.3 is 5.97 Å². The highest BCUT2D eigenvalue weighted by Gasteiger charge is 2.46. The first-order valence-electron chi connectivity index (χ1n) is 12.1. The van der Waals surface area contributed by atoms with E-state index in [1.165, 1.54) is 13.2 Å². The summed E-state index contributed by atoms with van der Waals surface area (Å²) in [6.07, 6.45) is 3.01. The third-order valence-electron chi connectivity index (χ3n) is 6.11. The van der Waals surface area contributed by atoms with E-state index < -0.39 is 19.5 Å². The van der Waals surface area contributed by atoms with Crippen LogP contribution in [0.1, 0.15) is 47.1 Å². The molecule has 0 N–H and O–H groups in total. The molecule has 0 bridgehead atoms. The van der Waals surface area contributed by atoms with Crippen LogP contribution in [0.4, 0.5) is 0 Å². The third kappa shape index (κ3) is 3.20. The van der Waals surface area contributed by atoms with E-state index in [0.29, 0.717) is 36.8 Å². The Balaban J connectivity index is 1.84. The maximum Gasteiger partial charge on any atom is 0.315 e. The number of rotatable bonds is 7. The van der Waals surface area contributed by atoms with E-state index in [4.69, 9.17) is 24.4 Å². The van der Waals surface area contributed by atoms with Crippen molar-refractivity contribution >= 4 is 11.8 Å². The first-order valence-corrected chi connectivity index (χ1v) is 9.82. The van der Waals surface area contributed by atoms with Gasteiger partial charge in [-0.3, -0.25) is 9.59 Å². The second-order valence-corrected chi connectivity index (χ2v) is 7.67. The Morgan fingerprint density at radius 2 is 1.83 bits per heavy atom. The molecule has 1 saturated carbocycles. The van der Waals surface area contributed by atoms with Crippen LogP contribution in [-0.2, 0) is 16.0 Å². The second-order valence-electron chi connectivity index (χ2n) is 7.67. The topological polar surface area (TPSA) is 71.1 Å². The Bertz CT molecular complexity index is 1100. The number of ether oxygens (including phenoxy) is 4. The van der Waals surface area contributed by atoms with Crippen molar-refractivity contribution in [1.82, 2.24) is 0 Å². The van der Waals surface area contributed by atoms with Crippen LogP contribution in [0.3, 0.4) is 0 Å². The van der Waals surface area contributed by atoms with Crippen molar-refractivity contribution in [2.45, 2.75) is 32.1 Å². The summed E-state index contributed by atoms with van der Waals surface area (Å²) in [4.78, 5) is 24.8. The van der Waals surface area contributed by atoms with Gasteiger partial charge in [0, 0.05) is 17.5 Å². The highest BCUT2D eigenvalue weighted by atomic mass is 16.5. The first-order chi connectivity index (χ1) is 16.3. The summed E-state index contributed by atoms with van der Waals surface area (Å²) >= 11 is 0. The number of carbonyl (C=O) groups is 2. The maximum absolute atomic E-state index is 12.5. The number of hydrogen-bond donors (Lipinski definition) is 0. The predicted molar refractivity (Wildman–Crippen MR) is 111 cm³/mol. The molecule has 0 amide bonds. The summed E-state index contributed by atoms with van der Waals surface area (Å²) in [5, 5.41) is 0. The van der Waals surface area contributed by atoms with Crippen molar-refractivity contribution in [3.05, 3.63) is 41.5 Å². The summed E-state index contributed by atoms with van der Waals surface area (Å²) in [7, 11) is -2.09. The molecule has 0 aromatic heterocycles. The zero-order valence-electron chi connectivity index (χ0n) is 20.7. The SMILES string of the molecule is [2H]C([2H])Oc1ccc(-c2cccc3c2CCC3=O)c(OCC2(C(=O)OC)CCC2)c1OC([2H])[2H]. The fraction of sp³-hybridized carbons (Fsp3) is 0.417. The van der Waals surface area contributed by atoms with Crippen molar-refractivity contribution in [2.24, 2.45) is 5.41 Å². The lowest BCUT2D eigenvalue weighted by atomic mass is 9.69. The highest BCUT2D eigenvalue weighted by molar-refractivity contribution is 6.02. The molecule has 1 fully saturated rings. The van der Waals surface area contributed by atoms with Gasteiger partial charge in [0.05, 0.1) is 26.7 Å². The van der Waals surface area contributed by atoms with E-state index in [9.17, 15) is 9.59 Å². The van der Waals surface area contributed by atoms with Crippen molar-refractivity contribution in [3.63, 3.8) is 0 Å². The standard InChI is InChI=1S/C24H26O6/c1-27-20-11-9-18(15-6-4-7-17-16(15)8-10-19(17)25)21(22(20)28-2)30-14-24(12-5-13-24)23(26)29-3/h4,6-7,9,11H,5,8,10,12-14H2,1-3H3/i1D2,2D2. The number of fused-ring (bicyclic) bond motifs is 1. The molecule has 0 spiro atoms. The molecule has 2 aromatic carbocycles. The molecule has 2 aliphatic carbocycles. The molecule has 2 aromatic rings. The van der Waals surface area contributed by atoms with Gasteiger partial charge in [-0.25, -0.2) is 0 Å². The number of methoxy groups -OCH3 is 3. The van der Waals surface area contributed by atoms with Crippen molar-refractivity contribution < 1.29 is 34.0 Å². The van der Waals surface area contributed by atoms with E-state index in [0.717, 1.165) is 17.5 Å². The second kappa shape index (κ2) is 8.01. The first kappa shape index (κ1) is 15.8. The van der Waals surface area contributed by atoms with E-state index in [1.807, 2.05) is 6.07 Å². The van der Waals surface area contributed by atoms with E-state index in [-0.39, 0.29) is 35.6 Å². The lowest BCUT2D eigenvalue weighted by Gasteiger charge is -2.38. The maximum atomic E-state index is 12.5. The molecule has 6 heteroatoms. The summed E-state index contributed by atoms with van der Waals surface area (Å²) in [5.74, 6) is -0.317. The summed E-state index contributed by atoms with van der Waals surface area (Å²) in [6, 6.07) is 8.56. The Hall–Kier alpha value is -3.02. The van der Waals surface area contributed by atoms with Crippen LogP contribution >= 0.6 is 0 Å². The molecule has 30 heavy (non-hydrogen) atoms. The zero-order valence-corrected chi connectivity index (χ0v) is 16.7. The monoisotopic (exact) mass is 414 g/mol. The summed E-state index contributed by atoms with van der Waals surface area (Å²) < 4.78 is 52.1. The van der Waals surface area contributed by atoms with Gasteiger partial charge in [0.1, 0.15) is 12.0 Å². The third-order valence-corrected chi connectivity index (χ3v) is 6.11. The molecule has 158 valence electrons. The molecule has 0 radical (unpaired) electrons. The minimum Gasteiger partial charge on any atom is -0.493 e. The van der Waals surface area contributed by atoms with Gasteiger partial charge in [-0.1, -0.05) is 24.6 Å². The number of Topliss-reactive ketones (excluding diaryl/α,β-unsaturated/α-hetero) is 1. The van der Waals surface area contributed by atoms with Crippen LogP contribution in [-0.4, -0.2) is 39.6 Å². The lowest BCUT2D eigenvalue weighted by Crippen LogP contribution is -2.44. The summed E-state index contributed by atoms with van der Waals surface area (Å²) in [5.41, 5.74) is 1.95. The van der Waals surface area contributed by atoms with Crippen LogP contribution in [0.25, 0.3) is 11.1 Å². The van der Waals surface area contributed by atoms with Crippen LogP contribution in [0, 0.1) is 5.41 Å². The average Bonchev–Trinajstić information content (AvgIpc) is 3.15. The molecule has 6 nitrogen and oxygen atoms in total. The minimum absolute atomic E-state index is 0.0215. The van der Waals surface area contributed by atoms with Crippen LogP contribution < -0.4 is 14.2 Å². The quantitative estimate of drug-likeness (QED) is 0.632. The van der Waals surface area contributed by atoms with Gasteiger partial charge in [0.15, 0.2) is 17.3 Å². The molecule has 0 aliphatic heterocycles. The number of benzene rings is 2. The number of esters is 1. The Morgan fingerprint density at radius 3 is 2.53 bits per heavy atom. The zero-order chi connectivity index (χ0) is 24.5. The Labute approximate surface area is 181 Å². The van der Waals surface area contributed by atoms with Gasteiger partial charge in [-0.15, -0.1) is 0 Å². The normalized spacial score (nSPS) is 18.6. The lowest BCUT2D eigenvalue weighted by molar-refractivity contribution is -0.161. The summed E-state index contributed by atoms with van der Waals surface area (Å²) in [6.45, 7) is -0.0215. The van der Waals surface area contributed by atoms with Crippen molar-refractivity contribution in [3.8, 4) is 28.4 Å². The fourth-order valence-electron chi connectivity index (χ4n) is 4.29. The molecule has 0 saturated heterocycles. The van der Waals surface area contributed by atoms with Gasteiger partial charge < -0.3 is 18.9 Å². The van der Waals surface area contributed by atoms with Crippen molar-refractivity contribution in [1.29, 1.82) is 0 Å². The van der Waals surface area contributed by atoms with Crippen LogP contribution in [0.2, 0.25) is 0 Å². The molecule has 0 heterocycles. The molecule has 2 aliphatic rings. The van der Waals surface area contributed by atoms with Gasteiger partial charge in [-0.05, 0) is 42.5 Å². The molecular formula is C24H26O6. The van der Waals surface area contributed by atoms with Crippen molar-refractivity contribution in [2.75, 3.05) is 27.8 Å². The molecule has 4 rings (SSSR count).